The summed E-state index contributed by atoms with van der Waals surface area (Å²) in [6.45, 7) is 7.97. The lowest BCUT2D eigenvalue weighted by atomic mass is 9.84. The molecule has 0 saturated carbocycles. The van der Waals surface area contributed by atoms with Crippen molar-refractivity contribution < 1.29 is 14.0 Å². The summed E-state index contributed by atoms with van der Waals surface area (Å²) in [4.78, 5) is 52.3. The van der Waals surface area contributed by atoms with E-state index in [2.05, 4.69) is 0 Å². The molecule has 4 heterocycles. The predicted octanol–water partition coefficient (Wildman–Crippen LogP) is 5.93. The van der Waals surface area contributed by atoms with E-state index in [1.807, 2.05) is 82.3 Å². The highest BCUT2D eigenvalue weighted by atomic mass is 32.1. The number of aromatic nitrogens is 1. The first kappa shape index (κ1) is 24.5. The van der Waals surface area contributed by atoms with Gasteiger partial charge in [-0.3, -0.25) is 19.3 Å². The molecule has 1 atom stereocenters. The number of para-hydroxylation sites is 1. The second-order valence-electron chi connectivity index (χ2n) is 10.5. The van der Waals surface area contributed by atoms with Gasteiger partial charge in [-0.1, -0.05) is 59.7 Å². The lowest BCUT2D eigenvalue weighted by Crippen LogP contribution is -2.53. The van der Waals surface area contributed by atoms with Crippen molar-refractivity contribution in [3.8, 4) is 0 Å². The first-order valence-electron chi connectivity index (χ1n) is 13.1. The van der Waals surface area contributed by atoms with Crippen LogP contribution in [0, 0.1) is 27.7 Å². The van der Waals surface area contributed by atoms with Crippen molar-refractivity contribution >= 4 is 44.9 Å². The van der Waals surface area contributed by atoms with Crippen LogP contribution in [0.5, 0.6) is 0 Å². The van der Waals surface area contributed by atoms with Gasteiger partial charge in [-0.25, -0.2) is 4.98 Å². The Hall–Kier alpha value is -4.56. The zero-order valence-corrected chi connectivity index (χ0v) is 23.3. The topological polar surface area (TPSA) is 83.7 Å². The standard InChI is InChI=1S/C32H25N3O4S/c1-17-9-12-21(13-10-17)16-34-24-8-6-5-7-23(24)32(30(34)38)26-27(36)22-15-18(2)11-14-25(22)39-28(26)29(37)35(32)31-33-19(3)20(4)40-31/h5-15H,16H2,1-4H3. The molecule has 0 bridgehead atoms. The molecule has 8 heteroatoms. The molecule has 0 radical (unpaired) electrons. The molecule has 2 aromatic heterocycles. The molecule has 0 aliphatic carbocycles. The molecule has 198 valence electrons. The third-order valence-corrected chi connectivity index (χ3v) is 9.01. The van der Waals surface area contributed by atoms with Gasteiger partial charge in [0.15, 0.2) is 16.1 Å². The molecule has 2 amide bonds. The number of fused-ring (bicyclic) bond motifs is 5. The van der Waals surface area contributed by atoms with Crippen LogP contribution in [0.4, 0.5) is 10.8 Å². The Morgan fingerprint density at radius 1 is 0.900 bits per heavy atom. The van der Waals surface area contributed by atoms with E-state index in [1.54, 1.807) is 17.0 Å². The molecule has 0 fully saturated rings. The number of amides is 2. The number of rotatable bonds is 3. The van der Waals surface area contributed by atoms with Crippen LogP contribution in [0.15, 0.2) is 75.9 Å². The fraction of sp³-hybridized carbons (Fsp3) is 0.188. The number of carbonyl (C=O) groups excluding carboxylic acids is 2. The van der Waals surface area contributed by atoms with Crippen molar-refractivity contribution in [2.45, 2.75) is 39.8 Å². The molecule has 1 spiro atoms. The molecule has 7 rings (SSSR count). The lowest BCUT2D eigenvalue weighted by molar-refractivity contribution is -0.121. The Labute approximate surface area is 234 Å². The number of benzene rings is 3. The average molecular weight is 548 g/mol. The minimum atomic E-state index is -1.75. The summed E-state index contributed by atoms with van der Waals surface area (Å²) in [7, 11) is 0. The third-order valence-electron chi connectivity index (χ3n) is 7.95. The van der Waals surface area contributed by atoms with Crippen molar-refractivity contribution in [1.82, 2.24) is 4.98 Å². The number of nitrogens with zero attached hydrogens (tertiary/aromatic N) is 3. The minimum Gasteiger partial charge on any atom is -0.450 e. The van der Waals surface area contributed by atoms with Crippen LogP contribution in [0.3, 0.4) is 0 Å². The SMILES string of the molecule is Cc1ccc(CN2C(=O)C3(c4ccccc42)c2c(oc4ccc(C)cc4c2=O)C(=O)N3c2nc(C)c(C)s2)cc1. The summed E-state index contributed by atoms with van der Waals surface area (Å²) in [5, 5.41) is 0.688. The summed E-state index contributed by atoms with van der Waals surface area (Å²) >= 11 is 1.32. The van der Waals surface area contributed by atoms with Gasteiger partial charge in [0.1, 0.15) is 5.58 Å². The predicted molar refractivity (Wildman–Crippen MR) is 155 cm³/mol. The quantitative estimate of drug-likeness (QED) is 0.279. The van der Waals surface area contributed by atoms with E-state index >= 15 is 0 Å². The van der Waals surface area contributed by atoms with E-state index in [-0.39, 0.29) is 29.2 Å². The number of aryl methyl sites for hydroxylation is 4. The fourth-order valence-electron chi connectivity index (χ4n) is 5.86. The second-order valence-corrected chi connectivity index (χ2v) is 11.7. The van der Waals surface area contributed by atoms with Gasteiger partial charge in [0.2, 0.25) is 5.76 Å². The normalized spacial score (nSPS) is 17.8. The van der Waals surface area contributed by atoms with Gasteiger partial charge in [0.05, 0.1) is 28.9 Å². The molecule has 2 aliphatic rings. The Kier molecular flexibility index (Phi) is 5.18. The zero-order chi connectivity index (χ0) is 27.9. The summed E-state index contributed by atoms with van der Waals surface area (Å²) in [5.41, 5.74) is 3.11. The van der Waals surface area contributed by atoms with E-state index in [0.717, 1.165) is 27.3 Å². The maximum Gasteiger partial charge on any atom is 0.297 e. The van der Waals surface area contributed by atoms with Gasteiger partial charge in [-0.05, 0) is 51.5 Å². The minimum absolute atomic E-state index is 0.0463. The molecule has 3 aromatic carbocycles. The Balaban J connectivity index is 1.56. The van der Waals surface area contributed by atoms with Crippen LogP contribution in [-0.2, 0) is 16.9 Å². The van der Waals surface area contributed by atoms with Crippen molar-refractivity contribution in [3.05, 3.63) is 121 Å². The van der Waals surface area contributed by atoms with Crippen LogP contribution in [-0.4, -0.2) is 16.8 Å². The van der Waals surface area contributed by atoms with Crippen LogP contribution >= 0.6 is 11.3 Å². The van der Waals surface area contributed by atoms with Gasteiger partial charge in [0, 0.05) is 10.4 Å². The number of hydrogen-bond donors (Lipinski definition) is 0. The van der Waals surface area contributed by atoms with E-state index in [9.17, 15) is 14.4 Å². The number of carbonyl (C=O) groups is 2. The highest BCUT2D eigenvalue weighted by Gasteiger charge is 2.66. The van der Waals surface area contributed by atoms with E-state index in [0.29, 0.717) is 27.4 Å². The summed E-state index contributed by atoms with van der Waals surface area (Å²) in [6, 6.07) is 20.6. The Morgan fingerprint density at radius 2 is 1.62 bits per heavy atom. The fourth-order valence-corrected chi connectivity index (χ4v) is 6.82. The summed E-state index contributed by atoms with van der Waals surface area (Å²) < 4.78 is 6.17. The average Bonchev–Trinajstić information content (AvgIpc) is 3.49. The van der Waals surface area contributed by atoms with Crippen LogP contribution in [0.25, 0.3) is 11.0 Å². The molecule has 2 aliphatic heterocycles. The Morgan fingerprint density at radius 3 is 2.35 bits per heavy atom. The second kappa shape index (κ2) is 8.47. The van der Waals surface area contributed by atoms with Crippen molar-refractivity contribution in [1.29, 1.82) is 0 Å². The van der Waals surface area contributed by atoms with E-state index < -0.39 is 11.4 Å². The first-order valence-corrected chi connectivity index (χ1v) is 13.9. The first-order chi connectivity index (χ1) is 19.2. The molecule has 40 heavy (non-hydrogen) atoms. The lowest BCUT2D eigenvalue weighted by Gasteiger charge is -2.32. The monoisotopic (exact) mass is 547 g/mol. The van der Waals surface area contributed by atoms with Crippen LogP contribution < -0.4 is 15.2 Å². The highest BCUT2D eigenvalue weighted by molar-refractivity contribution is 7.16. The largest absolute Gasteiger partial charge is 0.450 e. The molecule has 1 unspecified atom stereocenters. The smallest absolute Gasteiger partial charge is 0.297 e. The molecule has 7 nitrogen and oxygen atoms in total. The van der Waals surface area contributed by atoms with Crippen LogP contribution in [0.1, 0.15) is 48.9 Å². The molecule has 0 saturated heterocycles. The summed E-state index contributed by atoms with van der Waals surface area (Å²) in [6.07, 6.45) is 0. The van der Waals surface area contributed by atoms with Crippen molar-refractivity contribution in [2.24, 2.45) is 0 Å². The third kappa shape index (κ3) is 3.17. The zero-order valence-electron chi connectivity index (χ0n) is 22.4. The van der Waals surface area contributed by atoms with Gasteiger partial charge < -0.3 is 9.32 Å². The number of anilines is 2. The van der Waals surface area contributed by atoms with Crippen molar-refractivity contribution in [3.63, 3.8) is 0 Å². The van der Waals surface area contributed by atoms with Crippen molar-refractivity contribution in [2.75, 3.05) is 9.80 Å². The molecular formula is C32H25N3O4S. The number of hydrogen-bond acceptors (Lipinski definition) is 6. The number of thiazole rings is 1. The van der Waals surface area contributed by atoms with Crippen LogP contribution in [0.2, 0.25) is 0 Å². The highest BCUT2D eigenvalue weighted by Crippen LogP contribution is 2.54. The van der Waals surface area contributed by atoms with Gasteiger partial charge in [0.25, 0.3) is 11.8 Å². The molecule has 5 aromatic rings. The van der Waals surface area contributed by atoms with E-state index in [4.69, 9.17) is 9.40 Å². The van der Waals surface area contributed by atoms with Gasteiger partial charge in [-0.15, -0.1) is 11.3 Å². The Bertz CT molecular complexity index is 1940. The molecular weight excluding hydrogens is 522 g/mol. The van der Waals surface area contributed by atoms with E-state index in [1.165, 1.54) is 16.2 Å². The maximum atomic E-state index is 14.9. The van der Waals surface area contributed by atoms with Gasteiger partial charge >= 0.3 is 0 Å². The maximum absolute atomic E-state index is 14.9. The molecule has 0 N–H and O–H groups in total. The summed E-state index contributed by atoms with van der Waals surface area (Å²) in [5.74, 6) is -1.05. The van der Waals surface area contributed by atoms with Gasteiger partial charge in [-0.2, -0.15) is 0 Å².